The summed E-state index contributed by atoms with van der Waals surface area (Å²) < 4.78 is 10.6. The van der Waals surface area contributed by atoms with Crippen molar-refractivity contribution in [2.24, 2.45) is 0 Å². The van der Waals surface area contributed by atoms with E-state index in [2.05, 4.69) is 13.2 Å². The van der Waals surface area contributed by atoms with Gasteiger partial charge in [0.1, 0.15) is 6.10 Å². The lowest BCUT2D eigenvalue weighted by Gasteiger charge is -2.36. The summed E-state index contributed by atoms with van der Waals surface area (Å²) in [6.45, 7) is 13.7. The van der Waals surface area contributed by atoms with Gasteiger partial charge in [0.05, 0.1) is 0 Å². The van der Waals surface area contributed by atoms with Crippen molar-refractivity contribution in [2.45, 2.75) is 71.7 Å². The molecule has 0 aromatic heterocycles. The van der Waals surface area contributed by atoms with Crippen LogP contribution >= 0.6 is 0 Å². The van der Waals surface area contributed by atoms with Crippen LogP contribution < -0.4 is 0 Å². The third-order valence-electron chi connectivity index (χ3n) is 3.31. The molecule has 0 heterocycles. The minimum Gasteiger partial charge on any atom is -0.416 e. The third-order valence-corrected chi connectivity index (χ3v) is 3.31. The molecule has 1 unspecified atom stereocenters. The lowest BCUT2D eigenvalue weighted by atomic mass is 10.00. The summed E-state index contributed by atoms with van der Waals surface area (Å²) >= 11 is 0. The average Bonchev–Trinajstić information content (AvgIpc) is 2.45. The Kier molecular flexibility index (Phi) is 8.72. The zero-order chi connectivity index (χ0) is 17.3. The number of hydrogen-bond donors (Lipinski definition) is 1. The molecule has 1 N–H and O–H groups in total. The number of rotatable bonds is 10. The fourth-order valence-electron chi connectivity index (χ4n) is 1.83. The minimum absolute atomic E-state index is 0.137. The first-order valence-corrected chi connectivity index (χ1v) is 7.65. The minimum atomic E-state index is -1.71. The topological polar surface area (TPSA) is 72.8 Å². The number of aliphatic hydroxyl groups is 1. The van der Waals surface area contributed by atoms with Crippen LogP contribution in [0.1, 0.15) is 59.8 Å². The lowest BCUT2D eigenvalue weighted by molar-refractivity contribution is -0.259. The second-order valence-electron chi connectivity index (χ2n) is 5.52. The van der Waals surface area contributed by atoms with E-state index in [1.807, 2.05) is 6.92 Å². The van der Waals surface area contributed by atoms with Crippen molar-refractivity contribution in [1.29, 1.82) is 0 Å². The molecule has 0 saturated carbocycles. The Morgan fingerprint density at radius 2 is 1.50 bits per heavy atom. The highest BCUT2D eigenvalue weighted by Gasteiger charge is 2.44. The molecule has 0 fully saturated rings. The van der Waals surface area contributed by atoms with Crippen molar-refractivity contribution in [3.63, 3.8) is 0 Å². The number of hydrogen-bond acceptors (Lipinski definition) is 5. The van der Waals surface area contributed by atoms with Crippen molar-refractivity contribution >= 4 is 11.9 Å². The SMILES string of the molecule is C=C(C)C(=O)OC(CC)(OC(=O)C(=C)C)C(O)CCCCC. The molecule has 0 aliphatic heterocycles. The summed E-state index contributed by atoms with van der Waals surface area (Å²) in [6, 6.07) is 0. The summed E-state index contributed by atoms with van der Waals surface area (Å²) in [7, 11) is 0. The maximum Gasteiger partial charge on any atom is 0.336 e. The van der Waals surface area contributed by atoms with Gasteiger partial charge in [-0.25, -0.2) is 9.59 Å². The van der Waals surface area contributed by atoms with Crippen molar-refractivity contribution in [1.82, 2.24) is 0 Å². The maximum atomic E-state index is 11.9. The van der Waals surface area contributed by atoms with Crippen molar-refractivity contribution in [3.8, 4) is 0 Å². The largest absolute Gasteiger partial charge is 0.416 e. The van der Waals surface area contributed by atoms with Gasteiger partial charge in [-0.1, -0.05) is 46.3 Å². The number of aliphatic hydroxyl groups excluding tert-OH is 1. The van der Waals surface area contributed by atoms with Crippen molar-refractivity contribution in [3.05, 3.63) is 24.3 Å². The predicted molar refractivity (Wildman–Crippen MR) is 85.0 cm³/mol. The van der Waals surface area contributed by atoms with Crippen LogP contribution in [0.15, 0.2) is 24.3 Å². The molecule has 126 valence electrons. The first kappa shape index (κ1) is 20.4. The van der Waals surface area contributed by atoms with E-state index in [1.54, 1.807) is 6.92 Å². The van der Waals surface area contributed by atoms with Gasteiger partial charge in [0.2, 0.25) is 0 Å². The molecule has 0 aromatic rings. The second-order valence-corrected chi connectivity index (χ2v) is 5.52. The molecule has 1 atom stereocenters. The monoisotopic (exact) mass is 312 g/mol. The van der Waals surface area contributed by atoms with E-state index in [4.69, 9.17) is 9.47 Å². The Hall–Kier alpha value is -1.62. The summed E-state index contributed by atoms with van der Waals surface area (Å²) in [4.78, 5) is 23.7. The van der Waals surface area contributed by atoms with Gasteiger partial charge in [-0.2, -0.15) is 0 Å². The smallest absolute Gasteiger partial charge is 0.336 e. The lowest BCUT2D eigenvalue weighted by Crippen LogP contribution is -2.50. The highest BCUT2D eigenvalue weighted by atomic mass is 16.7. The molecule has 5 nitrogen and oxygen atoms in total. The summed E-state index contributed by atoms with van der Waals surface area (Å²) in [5.41, 5.74) is 0.343. The van der Waals surface area contributed by atoms with Gasteiger partial charge < -0.3 is 14.6 Å². The van der Waals surface area contributed by atoms with Crippen LogP contribution in [-0.4, -0.2) is 28.9 Å². The van der Waals surface area contributed by atoms with Crippen LogP contribution in [0.2, 0.25) is 0 Å². The number of ether oxygens (including phenoxy) is 2. The number of carbonyl (C=O) groups excluding carboxylic acids is 2. The zero-order valence-corrected chi connectivity index (χ0v) is 14.1. The normalized spacial score (nSPS) is 12.4. The van der Waals surface area contributed by atoms with E-state index in [0.29, 0.717) is 6.42 Å². The standard InChI is InChI=1S/C17H28O5/c1-7-9-10-11-14(18)17(8-2,21-15(19)12(3)4)22-16(20)13(5)6/h14,18H,3,5,7-11H2,1-2,4,6H3. The molecule has 0 saturated heterocycles. The van der Waals surface area contributed by atoms with E-state index in [9.17, 15) is 14.7 Å². The van der Waals surface area contributed by atoms with Crippen molar-refractivity contribution < 1.29 is 24.2 Å². The first-order chi connectivity index (χ1) is 10.2. The van der Waals surface area contributed by atoms with Gasteiger partial charge in [-0.05, 0) is 20.3 Å². The average molecular weight is 312 g/mol. The van der Waals surface area contributed by atoms with Gasteiger partial charge in [0, 0.05) is 17.6 Å². The Bertz CT molecular complexity index is 397. The van der Waals surface area contributed by atoms with Crippen LogP contribution in [0.25, 0.3) is 0 Å². The fourth-order valence-corrected chi connectivity index (χ4v) is 1.83. The Labute approximate surface area is 133 Å². The van der Waals surface area contributed by atoms with E-state index >= 15 is 0 Å². The maximum absolute atomic E-state index is 11.9. The first-order valence-electron chi connectivity index (χ1n) is 7.65. The van der Waals surface area contributed by atoms with Crippen LogP contribution in [-0.2, 0) is 19.1 Å². The van der Waals surface area contributed by atoms with E-state index < -0.39 is 23.8 Å². The zero-order valence-electron chi connectivity index (χ0n) is 14.1. The summed E-state index contributed by atoms with van der Waals surface area (Å²) in [6.07, 6.45) is 2.07. The molecule has 0 aromatic carbocycles. The molecule has 0 aliphatic carbocycles. The molecular weight excluding hydrogens is 284 g/mol. The molecule has 0 bridgehead atoms. The molecule has 22 heavy (non-hydrogen) atoms. The molecule has 5 heteroatoms. The quantitative estimate of drug-likeness (QED) is 0.290. The summed E-state index contributed by atoms with van der Waals surface area (Å²) in [5.74, 6) is -3.11. The second kappa shape index (κ2) is 9.41. The fraction of sp³-hybridized carbons (Fsp3) is 0.647. The Balaban J connectivity index is 5.29. The Morgan fingerprint density at radius 1 is 1.05 bits per heavy atom. The van der Waals surface area contributed by atoms with Gasteiger partial charge in [0.25, 0.3) is 5.79 Å². The van der Waals surface area contributed by atoms with Crippen LogP contribution in [0.5, 0.6) is 0 Å². The summed E-state index contributed by atoms with van der Waals surface area (Å²) in [5, 5.41) is 10.4. The van der Waals surface area contributed by atoms with Crippen LogP contribution in [0.4, 0.5) is 0 Å². The van der Waals surface area contributed by atoms with Crippen molar-refractivity contribution in [2.75, 3.05) is 0 Å². The number of esters is 2. The van der Waals surface area contributed by atoms with Crippen LogP contribution in [0, 0.1) is 0 Å². The molecule has 0 rings (SSSR count). The van der Waals surface area contributed by atoms with Gasteiger partial charge in [0.15, 0.2) is 0 Å². The molecule has 0 amide bonds. The van der Waals surface area contributed by atoms with Gasteiger partial charge >= 0.3 is 11.9 Å². The molecule has 0 radical (unpaired) electrons. The van der Waals surface area contributed by atoms with E-state index in [0.717, 1.165) is 19.3 Å². The number of carbonyl (C=O) groups is 2. The Morgan fingerprint density at radius 3 is 1.82 bits per heavy atom. The third kappa shape index (κ3) is 6.02. The highest BCUT2D eigenvalue weighted by molar-refractivity contribution is 5.89. The van der Waals surface area contributed by atoms with Crippen LogP contribution in [0.3, 0.4) is 0 Å². The molecule has 0 spiro atoms. The van der Waals surface area contributed by atoms with Gasteiger partial charge in [-0.15, -0.1) is 0 Å². The highest BCUT2D eigenvalue weighted by Crippen LogP contribution is 2.28. The predicted octanol–water partition coefficient (Wildman–Crippen LogP) is 3.27. The number of unbranched alkanes of at least 4 members (excludes halogenated alkanes) is 2. The van der Waals surface area contributed by atoms with E-state index in [-0.39, 0.29) is 17.6 Å². The van der Waals surface area contributed by atoms with E-state index in [1.165, 1.54) is 13.8 Å². The molecular formula is C17H28O5. The van der Waals surface area contributed by atoms with Gasteiger partial charge in [-0.3, -0.25) is 0 Å². The molecule has 0 aliphatic rings.